The monoisotopic (exact) mass is 445 g/mol. The molecular weight excluding hydrogens is 422 g/mol. The lowest BCUT2D eigenvalue weighted by Crippen LogP contribution is -2.26. The fourth-order valence-corrected chi connectivity index (χ4v) is 4.77. The summed E-state index contributed by atoms with van der Waals surface area (Å²) in [6.07, 6.45) is 7.47. The van der Waals surface area contributed by atoms with E-state index in [2.05, 4.69) is 20.6 Å². The zero-order valence-electron chi connectivity index (χ0n) is 18.1. The van der Waals surface area contributed by atoms with Crippen LogP contribution < -0.4 is 10.6 Å². The van der Waals surface area contributed by atoms with Crippen LogP contribution in [0.2, 0.25) is 0 Å². The number of hydrogen-bond donors (Lipinski definition) is 2. The lowest BCUT2D eigenvalue weighted by Gasteiger charge is -2.16. The second-order valence-corrected chi connectivity index (χ2v) is 8.73. The minimum Gasteiger partial charge on any atom is -0.377 e. The summed E-state index contributed by atoms with van der Waals surface area (Å²) in [7, 11) is 5.80. The number of aromatic nitrogens is 4. The number of rotatable bonds is 5. The summed E-state index contributed by atoms with van der Waals surface area (Å²) < 4.78 is 3.02. The van der Waals surface area contributed by atoms with Crippen molar-refractivity contribution in [1.82, 2.24) is 29.7 Å². The van der Waals surface area contributed by atoms with Gasteiger partial charge in [-0.05, 0) is 17.8 Å². The number of pyridine rings is 1. The van der Waals surface area contributed by atoms with Crippen molar-refractivity contribution in [2.45, 2.75) is 6.54 Å². The number of likely N-dealkylation sites (N-methyl/N-ethyl adjacent to an activating group) is 1. The molecule has 162 valence electrons. The average Bonchev–Trinajstić information content (AvgIpc) is 3.41. The van der Waals surface area contributed by atoms with Crippen molar-refractivity contribution in [3.05, 3.63) is 60.1 Å². The van der Waals surface area contributed by atoms with E-state index in [1.807, 2.05) is 73.2 Å². The van der Waals surface area contributed by atoms with Crippen molar-refractivity contribution >= 4 is 44.4 Å². The Balaban J connectivity index is 1.36. The minimum absolute atomic E-state index is 0.0591. The number of hydrogen-bond acceptors (Lipinski definition) is 7. The van der Waals surface area contributed by atoms with Gasteiger partial charge in [-0.15, -0.1) is 11.3 Å². The zero-order chi connectivity index (χ0) is 22.2. The van der Waals surface area contributed by atoms with Crippen LogP contribution in [0.1, 0.15) is 5.56 Å². The predicted octanol–water partition coefficient (Wildman–Crippen LogP) is 3.29. The van der Waals surface area contributed by atoms with E-state index >= 15 is 0 Å². The molecule has 1 aliphatic heterocycles. The highest BCUT2D eigenvalue weighted by atomic mass is 32.1. The third-order valence-electron chi connectivity index (χ3n) is 5.46. The summed E-state index contributed by atoms with van der Waals surface area (Å²) in [5.41, 5.74) is 5.33. The summed E-state index contributed by atoms with van der Waals surface area (Å²) in [5, 5.41) is 7.00. The number of benzene rings is 1. The molecule has 0 fully saturated rings. The Morgan fingerprint density at radius 1 is 1.19 bits per heavy atom. The Morgan fingerprint density at radius 3 is 2.72 bits per heavy atom. The largest absolute Gasteiger partial charge is 0.377 e. The highest BCUT2D eigenvalue weighted by Crippen LogP contribution is 2.35. The van der Waals surface area contributed by atoms with Crippen LogP contribution in [-0.4, -0.2) is 51.0 Å². The molecule has 0 saturated carbocycles. The number of carbonyl (C=O) groups is 1. The third-order valence-corrected chi connectivity index (χ3v) is 6.56. The van der Waals surface area contributed by atoms with Crippen LogP contribution in [-0.2, 0) is 18.4 Å². The first-order valence-corrected chi connectivity index (χ1v) is 11.1. The number of thiazole rings is 1. The number of nitrogens with one attached hydrogen (secondary N) is 2. The maximum Gasteiger partial charge on any atom is 0.251 e. The van der Waals surface area contributed by atoms with Gasteiger partial charge in [0, 0.05) is 45.4 Å². The smallest absolute Gasteiger partial charge is 0.251 e. The van der Waals surface area contributed by atoms with Crippen LogP contribution in [0, 0.1) is 0 Å². The van der Waals surface area contributed by atoms with Crippen molar-refractivity contribution in [3.8, 4) is 10.6 Å². The van der Waals surface area contributed by atoms with Crippen LogP contribution in [0.3, 0.4) is 0 Å². The Labute approximate surface area is 189 Å². The van der Waals surface area contributed by atoms with E-state index in [9.17, 15) is 4.79 Å². The van der Waals surface area contributed by atoms with E-state index in [4.69, 9.17) is 4.98 Å². The molecule has 1 amide bonds. The molecule has 0 saturated heterocycles. The molecule has 32 heavy (non-hydrogen) atoms. The SMILES string of the molecule is CNc1nc2nc(-c3ccc(CNC(=O)C4=CCN(C)C=C4)cc3)sc2c2c1ncn2C. The van der Waals surface area contributed by atoms with Crippen LogP contribution in [0.25, 0.3) is 32.0 Å². The molecule has 8 nitrogen and oxygen atoms in total. The van der Waals surface area contributed by atoms with Gasteiger partial charge in [-0.2, -0.15) is 0 Å². The lowest BCUT2D eigenvalue weighted by atomic mass is 10.1. The zero-order valence-corrected chi connectivity index (χ0v) is 18.9. The van der Waals surface area contributed by atoms with Crippen LogP contribution in [0.5, 0.6) is 0 Å². The standard InChI is InChI=1S/C23H23N7OS/c1-24-20-17-18(30(3)13-26-17)19-21(27-20)28-23(32-19)16-6-4-14(5-7-16)12-25-22(31)15-8-10-29(2)11-9-15/h4-10,13H,11-12H2,1-3H3,(H,24,27)(H,25,31). The molecule has 0 unspecified atom stereocenters. The fourth-order valence-electron chi connectivity index (χ4n) is 3.67. The van der Waals surface area contributed by atoms with Crippen molar-refractivity contribution in [3.63, 3.8) is 0 Å². The van der Waals surface area contributed by atoms with E-state index in [1.165, 1.54) is 0 Å². The van der Waals surface area contributed by atoms with Crippen molar-refractivity contribution in [1.29, 1.82) is 0 Å². The summed E-state index contributed by atoms with van der Waals surface area (Å²) in [5.74, 6) is 0.668. The molecule has 5 rings (SSSR count). The molecule has 4 heterocycles. The highest BCUT2D eigenvalue weighted by Gasteiger charge is 2.17. The molecule has 1 aromatic carbocycles. The van der Waals surface area contributed by atoms with Gasteiger partial charge >= 0.3 is 0 Å². The molecule has 0 spiro atoms. The molecule has 0 aliphatic carbocycles. The molecule has 1 aliphatic rings. The number of aryl methyl sites for hydroxylation is 1. The quantitative estimate of drug-likeness (QED) is 0.490. The van der Waals surface area contributed by atoms with E-state index in [1.54, 1.807) is 17.7 Å². The van der Waals surface area contributed by atoms with Crippen LogP contribution >= 0.6 is 11.3 Å². The Morgan fingerprint density at radius 2 is 2.00 bits per heavy atom. The molecular formula is C23H23N7OS. The first-order valence-electron chi connectivity index (χ1n) is 10.3. The Hall–Kier alpha value is -3.72. The fraction of sp³-hybridized carbons (Fsp3) is 0.217. The molecule has 3 aromatic heterocycles. The summed E-state index contributed by atoms with van der Waals surface area (Å²) >= 11 is 1.61. The van der Waals surface area contributed by atoms with Gasteiger partial charge in [0.2, 0.25) is 0 Å². The second kappa shape index (κ2) is 8.08. The number of fused-ring (bicyclic) bond motifs is 3. The van der Waals surface area contributed by atoms with Crippen molar-refractivity contribution < 1.29 is 4.79 Å². The summed E-state index contributed by atoms with van der Waals surface area (Å²) in [6.45, 7) is 1.22. The highest BCUT2D eigenvalue weighted by molar-refractivity contribution is 7.22. The summed E-state index contributed by atoms with van der Waals surface area (Å²) in [4.78, 5) is 28.3. The average molecular weight is 446 g/mol. The van der Waals surface area contributed by atoms with Gasteiger partial charge in [0.05, 0.1) is 11.8 Å². The number of nitrogens with zero attached hydrogens (tertiary/aromatic N) is 5. The molecule has 0 bridgehead atoms. The second-order valence-electron chi connectivity index (χ2n) is 7.73. The first-order chi connectivity index (χ1) is 15.5. The van der Waals surface area contributed by atoms with Gasteiger partial charge in [0.25, 0.3) is 5.91 Å². The van der Waals surface area contributed by atoms with E-state index in [-0.39, 0.29) is 5.91 Å². The van der Waals surface area contributed by atoms with E-state index in [0.29, 0.717) is 17.8 Å². The first kappa shape index (κ1) is 20.2. The van der Waals surface area contributed by atoms with Crippen LogP contribution in [0.4, 0.5) is 5.82 Å². The van der Waals surface area contributed by atoms with Gasteiger partial charge in [-0.3, -0.25) is 4.79 Å². The summed E-state index contributed by atoms with van der Waals surface area (Å²) in [6, 6.07) is 8.11. The van der Waals surface area contributed by atoms with Gasteiger partial charge in [0.15, 0.2) is 11.5 Å². The van der Waals surface area contributed by atoms with Gasteiger partial charge in [-0.1, -0.05) is 30.3 Å². The normalized spacial score (nSPS) is 13.6. The number of carbonyl (C=O) groups excluding carboxylic acids is 1. The molecule has 4 aromatic rings. The lowest BCUT2D eigenvalue weighted by molar-refractivity contribution is -0.117. The van der Waals surface area contributed by atoms with E-state index in [0.717, 1.165) is 44.2 Å². The molecule has 0 radical (unpaired) electrons. The maximum absolute atomic E-state index is 12.4. The predicted molar refractivity (Wildman–Crippen MR) is 128 cm³/mol. The Bertz CT molecular complexity index is 1380. The number of imidazole rings is 1. The number of amides is 1. The van der Waals surface area contributed by atoms with Gasteiger partial charge in [0.1, 0.15) is 15.2 Å². The van der Waals surface area contributed by atoms with Crippen molar-refractivity contribution in [2.75, 3.05) is 26.0 Å². The van der Waals surface area contributed by atoms with Crippen LogP contribution in [0.15, 0.2) is 54.5 Å². The molecule has 2 N–H and O–H groups in total. The maximum atomic E-state index is 12.4. The number of anilines is 1. The molecule has 0 atom stereocenters. The third kappa shape index (κ3) is 3.60. The Kier molecular flexibility index (Phi) is 5.10. The van der Waals surface area contributed by atoms with E-state index < -0.39 is 0 Å². The minimum atomic E-state index is -0.0591. The van der Waals surface area contributed by atoms with Crippen molar-refractivity contribution in [2.24, 2.45) is 7.05 Å². The van der Waals surface area contributed by atoms with Gasteiger partial charge < -0.3 is 20.1 Å². The topological polar surface area (TPSA) is 88.0 Å². The molecule has 9 heteroatoms. The van der Waals surface area contributed by atoms with Gasteiger partial charge in [-0.25, -0.2) is 15.0 Å².